The summed E-state index contributed by atoms with van der Waals surface area (Å²) < 4.78 is 98.7. The van der Waals surface area contributed by atoms with Gasteiger partial charge in [-0.1, -0.05) is 0 Å². The number of hydrogen-bond donors (Lipinski definition) is 0. The molecule has 23 aliphatic rings. The topological polar surface area (TPSA) is 148 Å². The molecular weight excluding hydrogens is 1440 g/mol. The van der Waals surface area contributed by atoms with E-state index in [2.05, 4.69) is 0 Å². The Morgan fingerprint density at radius 1 is 0.136 bits per heavy atom. The summed E-state index contributed by atoms with van der Waals surface area (Å²) >= 11 is 31.5. The molecule has 16 nitrogen and oxygen atoms in total. The van der Waals surface area contributed by atoms with Gasteiger partial charge in [-0.25, -0.2) is 0 Å². The molecule has 512 valence electrons. The number of hydrogen-bond acceptors (Lipinski definition) is 32. The summed E-state index contributed by atoms with van der Waals surface area (Å²) in [6.07, 6.45) is -2.03. The fourth-order valence-electron chi connectivity index (χ4n) is 9.73. The molecule has 0 amide bonds. The van der Waals surface area contributed by atoms with Crippen molar-refractivity contribution in [2.24, 2.45) is 0 Å². The molecule has 23 aliphatic heterocycles. The molecule has 0 aromatic heterocycles. The summed E-state index contributed by atoms with van der Waals surface area (Å²) in [7, 11) is 0. The Morgan fingerprint density at radius 2 is 0.239 bits per heavy atom. The molecule has 0 unspecified atom stereocenters. The lowest BCUT2D eigenvalue weighted by molar-refractivity contribution is -0.326. The van der Waals surface area contributed by atoms with Crippen molar-refractivity contribution in [1.82, 2.24) is 0 Å². The molecule has 23 saturated heterocycles. The number of rotatable bonds is 0. The largest absolute Gasteiger partial charge is 0.349 e. The summed E-state index contributed by atoms with van der Waals surface area (Å²) in [5.41, 5.74) is 0. The van der Waals surface area contributed by atoms with Crippen LogP contribution in [0.1, 0.15) is 0 Å². The summed E-state index contributed by atoms with van der Waals surface area (Å²) in [6.45, 7) is 4.57. The van der Waals surface area contributed by atoms with Crippen molar-refractivity contribution in [1.29, 1.82) is 0 Å². The molecule has 23 rings (SSSR count). The lowest BCUT2D eigenvalue weighted by Crippen LogP contribution is -2.54. The fraction of sp³-hybridized carbons (Fsp3) is 1.00. The molecule has 0 aliphatic carbocycles. The van der Waals surface area contributed by atoms with Crippen LogP contribution in [0.25, 0.3) is 0 Å². The van der Waals surface area contributed by atoms with E-state index >= 15 is 0 Å². The monoisotopic (exact) mass is 1540 g/mol. The second-order valence-electron chi connectivity index (χ2n) is 21.0. The Hall–Kier alpha value is 4.96. The second-order valence-corrected chi connectivity index (χ2v) is 40.0. The van der Waals surface area contributed by atoms with Crippen molar-refractivity contribution in [2.75, 3.05) is 237 Å². The molecule has 0 saturated carbocycles. The fourth-order valence-corrected chi connectivity index (χ4v) is 26.9. The van der Waals surface area contributed by atoms with Gasteiger partial charge in [-0.05, 0) is 0 Å². The van der Waals surface area contributed by atoms with E-state index in [9.17, 15) is 0 Å². The quantitative estimate of drug-likeness (QED) is 0.226. The van der Waals surface area contributed by atoms with Gasteiger partial charge in [0.05, 0.1) is 52.9 Å². The maximum absolute atomic E-state index is 6.26. The molecule has 32 heteroatoms. The summed E-state index contributed by atoms with van der Waals surface area (Å²) in [5.74, 6) is 33.9. The third-order valence-corrected chi connectivity index (χ3v) is 33.3. The van der Waals surface area contributed by atoms with Gasteiger partial charge >= 0.3 is 0 Å². The van der Waals surface area contributed by atoms with Gasteiger partial charge in [0.2, 0.25) is 0 Å². The average molecular weight is 1540 g/mol. The molecule has 88 heavy (non-hydrogen) atoms. The van der Waals surface area contributed by atoms with E-state index in [1.807, 2.05) is 188 Å². The minimum atomic E-state index is -0.198. The summed E-state index contributed by atoms with van der Waals surface area (Å²) in [5, 5.41) is 0. The van der Waals surface area contributed by atoms with Gasteiger partial charge in [0.25, 0.3) is 0 Å². The number of ether oxygens (including phenoxy) is 16. The standard InChI is InChI=1S/C56H96O16S16/c1-2-74-10-18-82-34-50-58-27-44-43(66-50)28-60-52(68-44)36-84-20-12-76-5-6-78-14-22-86-38-54-62-31-48-47(70-54)32-64-56(72-48)40-88-24-16-80-8-7-79-15-23-87-39-55-63-30-45-46(71-55)29-61-53(69-45)37-85-21-13-77-4-3-75-11-19-83-35-51-59-26-41-42(67-51)25-57-49(65-41)33-81-17-9-73-1/h41-56H,1-40H2/t41-,42-,43-,44-,45-,46-,47-,48-,49+,50+,51+,52+,53+,54+,55+,56+/m0/s1. The van der Waals surface area contributed by atoms with Gasteiger partial charge in [-0.2, -0.15) is 188 Å². The first-order valence-electron chi connectivity index (χ1n) is 31.1. The normalized spacial score (nSPS) is 39.3. The van der Waals surface area contributed by atoms with Gasteiger partial charge in [-0.15, -0.1) is 0 Å². The first-order valence-corrected chi connectivity index (χ1v) is 49.5. The maximum atomic E-state index is 6.26. The van der Waals surface area contributed by atoms with Gasteiger partial charge < -0.3 is 75.8 Å². The predicted molar refractivity (Wildman–Crippen MR) is 394 cm³/mol. The van der Waals surface area contributed by atoms with Crippen LogP contribution in [0.15, 0.2) is 0 Å². The highest BCUT2D eigenvalue weighted by Crippen LogP contribution is 2.32. The minimum Gasteiger partial charge on any atom is -0.349 e. The highest BCUT2D eigenvalue weighted by atomic mass is 32.2. The maximum Gasteiger partial charge on any atom is 0.167 e. The third kappa shape index (κ3) is 31.5. The van der Waals surface area contributed by atoms with Crippen molar-refractivity contribution in [2.45, 2.75) is 99.2 Å². The molecule has 16 atom stereocenters. The Labute approximate surface area is 594 Å². The van der Waals surface area contributed by atoms with Gasteiger partial charge in [0.15, 0.2) is 50.3 Å². The van der Waals surface area contributed by atoms with E-state index in [1.54, 1.807) is 0 Å². The van der Waals surface area contributed by atoms with Crippen molar-refractivity contribution in [3.05, 3.63) is 0 Å². The van der Waals surface area contributed by atoms with E-state index in [0.29, 0.717) is 52.9 Å². The Bertz CT molecular complexity index is 1410. The first-order chi connectivity index (χ1) is 43.7. The van der Waals surface area contributed by atoms with Crippen LogP contribution in [0.3, 0.4) is 0 Å². The van der Waals surface area contributed by atoms with E-state index in [1.165, 1.54) is 46.0 Å². The van der Waals surface area contributed by atoms with E-state index in [4.69, 9.17) is 75.8 Å². The van der Waals surface area contributed by atoms with Crippen molar-refractivity contribution in [3.8, 4) is 0 Å². The van der Waals surface area contributed by atoms with Crippen LogP contribution >= 0.6 is 188 Å². The minimum absolute atomic E-state index is 0.0559. The Kier molecular flexibility index (Phi) is 42.7. The SMILES string of the molecule is C1CSCCSC[C@@H]2OC[C@@H]3O[C@H](CSCCSCCSCCSC[C@@H]4OC[C@@H]5O[C@H](CSCCSCCSCCSC[C@@H]6OC[C@@H]7O[C@H](CSCCSCCSCCSC[C@@H]8OC[C@@H]9O[C@H](CSCCS1)OC[C@@H]9O8)OC[C@@H]7O6)OC[C@@H]5O4)OC[C@@H]3O2. The van der Waals surface area contributed by atoms with E-state index < -0.39 is 0 Å². The first kappa shape index (κ1) is 77.1. The third-order valence-electron chi connectivity index (χ3n) is 14.3. The summed E-state index contributed by atoms with van der Waals surface area (Å²) in [6, 6.07) is 0. The van der Waals surface area contributed by atoms with Crippen LogP contribution in [0, 0.1) is 0 Å². The highest BCUT2D eigenvalue weighted by Gasteiger charge is 2.42. The lowest BCUT2D eigenvalue weighted by atomic mass is 10.2. The lowest BCUT2D eigenvalue weighted by Gasteiger charge is -2.41. The van der Waals surface area contributed by atoms with Crippen molar-refractivity contribution in [3.63, 3.8) is 0 Å². The van der Waals surface area contributed by atoms with Crippen molar-refractivity contribution < 1.29 is 75.8 Å². The predicted octanol–water partition coefficient (Wildman–Crippen LogP) is 9.66. The van der Waals surface area contributed by atoms with Gasteiger partial charge in [-0.3, -0.25) is 0 Å². The van der Waals surface area contributed by atoms with E-state index in [0.717, 1.165) is 138 Å². The molecule has 0 radical (unpaired) electrons. The van der Waals surface area contributed by atoms with Crippen LogP contribution in [-0.2, 0) is 75.8 Å². The summed E-state index contributed by atoms with van der Waals surface area (Å²) in [4.78, 5) is 0. The molecule has 16 bridgehead atoms. The molecule has 0 aromatic rings. The zero-order valence-electron chi connectivity index (χ0n) is 50.6. The molecule has 0 spiro atoms. The molecule has 0 aromatic carbocycles. The van der Waals surface area contributed by atoms with Crippen LogP contribution in [-0.4, -0.2) is 336 Å². The average Bonchev–Trinajstić information content (AvgIpc) is 3.71. The molecule has 23 heterocycles. The molecule has 0 N–H and O–H groups in total. The van der Waals surface area contributed by atoms with Crippen molar-refractivity contribution >= 4 is 188 Å². The van der Waals surface area contributed by atoms with Crippen LogP contribution in [0.4, 0.5) is 0 Å². The Balaban J connectivity index is 0.581. The van der Waals surface area contributed by atoms with Crippen LogP contribution in [0.2, 0.25) is 0 Å². The van der Waals surface area contributed by atoms with Crippen LogP contribution in [0.5, 0.6) is 0 Å². The van der Waals surface area contributed by atoms with E-state index in [-0.39, 0.29) is 99.2 Å². The molecular formula is C56H96O16S16. The highest BCUT2D eigenvalue weighted by molar-refractivity contribution is 8.07. The zero-order valence-corrected chi connectivity index (χ0v) is 63.6. The smallest absolute Gasteiger partial charge is 0.167 e. The zero-order chi connectivity index (χ0) is 60.1. The number of thioether (sulfide) groups is 16. The second kappa shape index (κ2) is 48.7. The molecule has 23 fully saturated rings. The van der Waals surface area contributed by atoms with Gasteiger partial charge in [0, 0.05) is 184 Å². The van der Waals surface area contributed by atoms with Crippen LogP contribution < -0.4 is 0 Å². The van der Waals surface area contributed by atoms with Gasteiger partial charge in [0.1, 0.15) is 48.8 Å². The Morgan fingerprint density at radius 3 is 0.352 bits per heavy atom.